The lowest BCUT2D eigenvalue weighted by Crippen LogP contribution is -2.49. The summed E-state index contributed by atoms with van der Waals surface area (Å²) in [6.45, 7) is 13.9. The normalized spacial score (nSPS) is 17.7. The number of phenols is 2. The molecule has 0 spiro atoms. The molecular formula is C46H55FN12O5. The molecule has 3 saturated heterocycles. The van der Waals surface area contributed by atoms with Crippen molar-refractivity contribution in [1.29, 1.82) is 0 Å². The number of morpholine rings is 1. The standard InChI is InChI=1S/C46H55FN12O5/c1-29(2)36-18-37(39(61)19-38(36)60)45(63)58-25-32-4-3-31(17-33(32)26-58)24-55-11-9-54(10-12-55)23-30-5-7-56(8-6-30)40(62)28-59-27-35(22-51-59)42-41(47)44(57-13-15-64-16-14-57)53-43(52-42)34-20-49-46(48)50-21-34/h3-4,17-22,27,29-30,60-61H,5-16,23-26,28H2,1-2H3,(H2,48,49,50). The number of likely N-dealkylation sites (tertiary alicyclic amines) is 1. The molecule has 0 saturated carbocycles. The van der Waals surface area contributed by atoms with Crippen LogP contribution in [-0.2, 0) is 35.7 Å². The summed E-state index contributed by atoms with van der Waals surface area (Å²) in [7, 11) is 0. The number of phenolic OH excluding ortho intramolecular Hbond substituents is 2. The Kier molecular flexibility index (Phi) is 12.4. The molecule has 0 aliphatic carbocycles. The third-order valence-electron chi connectivity index (χ3n) is 12.9. The molecule has 3 fully saturated rings. The van der Waals surface area contributed by atoms with Gasteiger partial charge in [-0.3, -0.25) is 19.2 Å². The van der Waals surface area contributed by atoms with Crippen molar-refractivity contribution in [2.75, 3.05) is 82.8 Å². The second-order valence-electron chi connectivity index (χ2n) is 17.6. The summed E-state index contributed by atoms with van der Waals surface area (Å²) in [6, 6.07) is 9.36. The number of fused-ring (bicyclic) bond motifs is 1. The largest absolute Gasteiger partial charge is 0.508 e. The summed E-state index contributed by atoms with van der Waals surface area (Å²) in [4.78, 5) is 54.7. The summed E-state index contributed by atoms with van der Waals surface area (Å²) in [5, 5.41) is 25.2. The number of nitrogens with two attached hydrogens (primary N) is 1. The van der Waals surface area contributed by atoms with Crippen LogP contribution in [0.15, 0.2) is 55.1 Å². The number of piperidine rings is 1. The number of piperazine rings is 1. The lowest BCUT2D eigenvalue weighted by Gasteiger charge is -2.39. The molecule has 4 aliphatic rings. The van der Waals surface area contributed by atoms with Crippen LogP contribution in [0.25, 0.3) is 22.6 Å². The van der Waals surface area contributed by atoms with Crippen LogP contribution >= 0.6 is 0 Å². The molecule has 9 rings (SSSR count). The Morgan fingerprint density at radius 1 is 0.844 bits per heavy atom. The van der Waals surface area contributed by atoms with E-state index >= 15 is 4.39 Å². The minimum absolute atomic E-state index is 0.00384. The number of ether oxygens (including phenoxy) is 1. The van der Waals surface area contributed by atoms with Crippen molar-refractivity contribution in [3.63, 3.8) is 0 Å². The Morgan fingerprint density at radius 2 is 1.56 bits per heavy atom. The molecule has 4 aliphatic heterocycles. The third-order valence-corrected chi connectivity index (χ3v) is 12.9. The predicted octanol–water partition coefficient (Wildman–Crippen LogP) is 4.10. The second kappa shape index (κ2) is 18.5. The SMILES string of the molecule is CC(C)c1cc(C(=O)N2Cc3ccc(CN4CCN(CC5CCN(C(=O)Cn6cc(-c7nc(-c8cnc(N)nc8)nc(N8CCOCC8)c7F)cn6)CC5)CC4)cc3C2)c(O)cc1O. The van der Waals surface area contributed by atoms with Gasteiger partial charge in [0.05, 0.1) is 30.5 Å². The van der Waals surface area contributed by atoms with Crippen LogP contribution < -0.4 is 10.6 Å². The van der Waals surface area contributed by atoms with Gasteiger partial charge in [-0.25, -0.2) is 24.3 Å². The van der Waals surface area contributed by atoms with E-state index in [0.717, 1.165) is 63.2 Å². The highest BCUT2D eigenvalue weighted by Crippen LogP contribution is 2.35. The van der Waals surface area contributed by atoms with Gasteiger partial charge in [0.1, 0.15) is 23.7 Å². The van der Waals surface area contributed by atoms with Crippen molar-refractivity contribution < 1.29 is 28.9 Å². The quantitative estimate of drug-likeness (QED) is 0.172. The van der Waals surface area contributed by atoms with Gasteiger partial charge in [-0.15, -0.1) is 0 Å². The Morgan fingerprint density at radius 3 is 2.30 bits per heavy atom. The minimum Gasteiger partial charge on any atom is -0.508 e. The lowest BCUT2D eigenvalue weighted by atomic mass is 9.96. The Balaban J connectivity index is 0.739. The molecular weight excluding hydrogens is 820 g/mol. The number of halogens is 1. The van der Waals surface area contributed by atoms with Crippen molar-refractivity contribution in [2.45, 2.75) is 58.8 Å². The van der Waals surface area contributed by atoms with Crippen LogP contribution in [0.4, 0.5) is 16.2 Å². The number of aromatic hydroxyl groups is 2. The molecule has 0 unspecified atom stereocenters. The van der Waals surface area contributed by atoms with Crippen molar-refractivity contribution in [2.24, 2.45) is 5.92 Å². The maximum atomic E-state index is 16.1. The molecule has 0 radical (unpaired) electrons. The van der Waals surface area contributed by atoms with Gasteiger partial charge in [0.2, 0.25) is 11.9 Å². The zero-order valence-corrected chi connectivity index (χ0v) is 36.4. The van der Waals surface area contributed by atoms with Crippen LogP contribution in [0, 0.1) is 11.7 Å². The molecule has 64 heavy (non-hydrogen) atoms. The second-order valence-corrected chi connectivity index (χ2v) is 17.6. The number of anilines is 2. The van der Waals surface area contributed by atoms with E-state index in [1.807, 2.05) is 23.6 Å². The van der Waals surface area contributed by atoms with Crippen LogP contribution in [0.1, 0.15) is 65.2 Å². The van der Waals surface area contributed by atoms with Crippen molar-refractivity contribution in [3.05, 3.63) is 88.8 Å². The fourth-order valence-corrected chi connectivity index (χ4v) is 9.21. The molecule has 4 N–H and O–H groups in total. The monoisotopic (exact) mass is 874 g/mol. The fraction of sp³-hybridized carbons (Fsp3) is 0.457. The summed E-state index contributed by atoms with van der Waals surface area (Å²) >= 11 is 0. The van der Waals surface area contributed by atoms with Crippen LogP contribution in [0.5, 0.6) is 11.5 Å². The highest BCUT2D eigenvalue weighted by Gasteiger charge is 2.30. The number of aromatic nitrogens is 6. The van der Waals surface area contributed by atoms with E-state index < -0.39 is 5.82 Å². The van der Waals surface area contributed by atoms with Gasteiger partial charge in [-0.1, -0.05) is 32.0 Å². The molecule has 2 amide bonds. The first-order chi connectivity index (χ1) is 30.9. The van der Waals surface area contributed by atoms with Gasteiger partial charge in [-0.05, 0) is 53.0 Å². The molecule has 3 aromatic heterocycles. The fourth-order valence-electron chi connectivity index (χ4n) is 9.21. The number of carbonyl (C=O) groups is 2. The third kappa shape index (κ3) is 9.35. The summed E-state index contributed by atoms with van der Waals surface area (Å²) in [5.74, 6) is -0.0115. The van der Waals surface area contributed by atoms with Crippen LogP contribution in [0.2, 0.25) is 0 Å². The summed E-state index contributed by atoms with van der Waals surface area (Å²) in [5.41, 5.74) is 11.0. The number of hydrogen-bond acceptors (Lipinski definition) is 14. The highest BCUT2D eigenvalue weighted by atomic mass is 19.1. The summed E-state index contributed by atoms with van der Waals surface area (Å²) in [6.07, 6.45) is 8.05. The van der Waals surface area contributed by atoms with Gasteiger partial charge < -0.3 is 40.3 Å². The van der Waals surface area contributed by atoms with Crippen LogP contribution in [0.3, 0.4) is 0 Å². The van der Waals surface area contributed by atoms with Crippen molar-refractivity contribution in [1.82, 2.24) is 49.3 Å². The summed E-state index contributed by atoms with van der Waals surface area (Å²) < 4.78 is 23.2. The van der Waals surface area contributed by atoms with Crippen molar-refractivity contribution in [3.8, 4) is 34.1 Å². The lowest BCUT2D eigenvalue weighted by molar-refractivity contribution is -0.133. The molecule has 0 bridgehead atoms. The Bertz CT molecular complexity index is 2500. The number of benzene rings is 2. The number of nitrogens with zero attached hydrogens (tertiary/aromatic N) is 11. The van der Waals surface area contributed by atoms with E-state index in [9.17, 15) is 19.8 Å². The first kappa shape index (κ1) is 43.0. The first-order valence-electron chi connectivity index (χ1n) is 22.1. The predicted molar refractivity (Wildman–Crippen MR) is 237 cm³/mol. The van der Waals surface area contributed by atoms with E-state index in [2.05, 4.69) is 53.0 Å². The Labute approximate surface area is 371 Å². The first-order valence-corrected chi connectivity index (χ1v) is 22.1. The van der Waals surface area contributed by atoms with E-state index in [1.54, 1.807) is 17.2 Å². The zero-order valence-electron chi connectivity index (χ0n) is 36.4. The number of amides is 2. The maximum absolute atomic E-state index is 16.1. The van der Waals surface area contributed by atoms with Crippen molar-refractivity contribution >= 4 is 23.6 Å². The van der Waals surface area contributed by atoms with Gasteiger partial charge in [-0.2, -0.15) is 5.10 Å². The molecule has 0 atom stereocenters. The van der Waals surface area contributed by atoms with Crippen LogP contribution in [-0.4, -0.2) is 143 Å². The average molecular weight is 875 g/mol. The molecule has 5 aromatic rings. The van der Waals surface area contributed by atoms with E-state index in [0.29, 0.717) is 75.1 Å². The molecule has 336 valence electrons. The van der Waals surface area contributed by atoms with Gasteiger partial charge in [0.25, 0.3) is 5.91 Å². The number of rotatable bonds is 11. The van der Waals surface area contributed by atoms with Gasteiger partial charge >= 0.3 is 0 Å². The number of hydrogen-bond donors (Lipinski definition) is 3. The average Bonchev–Trinajstić information content (AvgIpc) is 3.95. The smallest absolute Gasteiger partial charge is 0.258 e. The number of carbonyl (C=O) groups excluding carboxylic acids is 2. The topological polar surface area (TPSA) is 195 Å². The molecule has 2 aromatic carbocycles. The van der Waals surface area contributed by atoms with E-state index in [-0.39, 0.29) is 64.6 Å². The van der Waals surface area contributed by atoms with E-state index in [1.165, 1.54) is 34.9 Å². The maximum Gasteiger partial charge on any atom is 0.258 e. The van der Waals surface area contributed by atoms with Gasteiger partial charge in [0.15, 0.2) is 17.5 Å². The zero-order chi connectivity index (χ0) is 44.5. The molecule has 18 heteroatoms. The number of nitrogen functional groups attached to an aromatic ring is 1. The molecule has 7 heterocycles. The van der Waals surface area contributed by atoms with Gasteiger partial charge in [0, 0.05) is 109 Å². The molecule has 17 nitrogen and oxygen atoms in total. The van der Waals surface area contributed by atoms with E-state index in [4.69, 9.17) is 10.5 Å². The minimum atomic E-state index is -0.574. The Hall–Kier alpha value is -6.24. The highest BCUT2D eigenvalue weighted by molar-refractivity contribution is 5.97.